The van der Waals surface area contributed by atoms with Crippen molar-refractivity contribution in [3.8, 4) is 0 Å². The van der Waals surface area contributed by atoms with E-state index in [1.807, 2.05) is 12.3 Å². The molecule has 0 radical (unpaired) electrons. The van der Waals surface area contributed by atoms with E-state index in [1.165, 1.54) is 12.8 Å². The van der Waals surface area contributed by atoms with Crippen molar-refractivity contribution in [2.45, 2.75) is 46.2 Å². The molecule has 2 rings (SSSR count). The molecule has 1 saturated heterocycles. The first-order chi connectivity index (χ1) is 9.13. The molecule has 3 nitrogen and oxygen atoms in total. The summed E-state index contributed by atoms with van der Waals surface area (Å²) in [6, 6.07) is 2.62. The Balaban J connectivity index is 2.16. The Hall–Kier alpha value is -0.800. The highest BCUT2D eigenvalue weighted by atomic mass is 35.5. The SMILES string of the molecule is CCNCc1cnc(N2CCCC2C(C)C)c(Cl)c1. The minimum Gasteiger partial charge on any atom is -0.352 e. The third kappa shape index (κ3) is 3.40. The molecule has 1 aromatic rings. The standard InChI is InChI=1S/C15H24ClN3/c1-4-17-9-12-8-13(16)15(18-10-12)19-7-5-6-14(19)11(2)3/h8,10-11,14,17H,4-7,9H2,1-3H3. The molecule has 1 aliphatic rings. The van der Waals surface area contributed by atoms with Crippen LogP contribution in [0.5, 0.6) is 0 Å². The third-order valence-corrected chi connectivity index (χ3v) is 4.08. The van der Waals surface area contributed by atoms with Crippen LogP contribution < -0.4 is 10.2 Å². The largest absolute Gasteiger partial charge is 0.352 e. The average Bonchev–Trinajstić information content (AvgIpc) is 2.85. The van der Waals surface area contributed by atoms with Crippen LogP contribution in [0.4, 0.5) is 5.82 Å². The maximum absolute atomic E-state index is 6.43. The fourth-order valence-corrected chi connectivity index (χ4v) is 3.09. The van der Waals surface area contributed by atoms with Gasteiger partial charge >= 0.3 is 0 Å². The lowest BCUT2D eigenvalue weighted by Crippen LogP contribution is -2.34. The Morgan fingerprint density at radius 2 is 2.32 bits per heavy atom. The smallest absolute Gasteiger partial charge is 0.147 e. The van der Waals surface area contributed by atoms with Crippen LogP contribution in [0.25, 0.3) is 0 Å². The predicted molar refractivity (Wildman–Crippen MR) is 81.8 cm³/mol. The first kappa shape index (κ1) is 14.6. The summed E-state index contributed by atoms with van der Waals surface area (Å²) >= 11 is 6.43. The van der Waals surface area contributed by atoms with Crippen LogP contribution in [0.1, 0.15) is 39.2 Å². The number of hydrogen-bond donors (Lipinski definition) is 1. The Bertz CT molecular complexity index is 420. The van der Waals surface area contributed by atoms with Crippen LogP contribution in [0.2, 0.25) is 5.02 Å². The zero-order chi connectivity index (χ0) is 13.8. The van der Waals surface area contributed by atoms with Gasteiger partial charge in [0, 0.05) is 25.3 Å². The highest BCUT2D eigenvalue weighted by Gasteiger charge is 2.29. The van der Waals surface area contributed by atoms with Crippen LogP contribution in [-0.2, 0) is 6.54 Å². The summed E-state index contributed by atoms with van der Waals surface area (Å²) in [6.45, 7) is 9.51. The molecule has 1 fully saturated rings. The third-order valence-electron chi connectivity index (χ3n) is 3.80. The lowest BCUT2D eigenvalue weighted by molar-refractivity contribution is 0.489. The molecule has 19 heavy (non-hydrogen) atoms. The molecule has 0 aliphatic carbocycles. The van der Waals surface area contributed by atoms with E-state index < -0.39 is 0 Å². The van der Waals surface area contributed by atoms with E-state index >= 15 is 0 Å². The number of anilines is 1. The van der Waals surface area contributed by atoms with Gasteiger partial charge in [-0.05, 0) is 36.9 Å². The number of nitrogens with one attached hydrogen (secondary N) is 1. The van der Waals surface area contributed by atoms with E-state index in [0.717, 1.165) is 36.0 Å². The van der Waals surface area contributed by atoms with Crippen molar-refractivity contribution >= 4 is 17.4 Å². The zero-order valence-corrected chi connectivity index (χ0v) is 12.9. The van der Waals surface area contributed by atoms with Gasteiger partial charge in [0.2, 0.25) is 0 Å². The van der Waals surface area contributed by atoms with E-state index in [9.17, 15) is 0 Å². The molecule has 2 heterocycles. The second-order valence-corrected chi connectivity index (χ2v) is 5.98. The number of hydrogen-bond acceptors (Lipinski definition) is 3. The second kappa shape index (κ2) is 6.58. The van der Waals surface area contributed by atoms with Gasteiger partial charge in [-0.1, -0.05) is 32.4 Å². The highest BCUT2D eigenvalue weighted by Crippen LogP contribution is 2.33. The van der Waals surface area contributed by atoms with Gasteiger partial charge in [0.1, 0.15) is 5.82 Å². The lowest BCUT2D eigenvalue weighted by Gasteiger charge is -2.29. The number of rotatable bonds is 5. The van der Waals surface area contributed by atoms with Crippen molar-refractivity contribution in [3.63, 3.8) is 0 Å². The minimum absolute atomic E-state index is 0.574. The summed E-state index contributed by atoms with van der Waals surface area (Å²) in [4.78, 5) is 6.98. The molecule has 0 bridgehead atoms. The van der Waals surface area contributed by atoms with Crippen molar-refractivity contribution in [1.29, 1.82) is 0 Å². The minimum atomic E-state index is 0.574. The summed E-state index contributed by atoms with van der Waals surface area (Å²) < 4.78 is 0. The van der Waals surface area contributed by atoms with E-state index in [0.29, 0.717) is 12.0 Å². The van der Waals surface area contributed by atoms with Crippen LogP contribution in [0.3, 0.4) is 0 Å². The molecular formula is C15H24ClN3. The fraction of sp³-hybridized carbons (Fsp3) is 0.667. The number of halogens is 1. The van der Waals surface area contributed by atoms with Crippen molar-refractivity contribution in [2.75, 3.05) is 18.0 Å². The second-order valence-electron chi connectivity index (χ2n) is 5.58. The van der Waals surface area contributed by atoms with Crippen molar-refractivity contribution in [1.82, 2.24) is 10.3 Å². The van der Waals surface area contributed by atoms with Gasteiger partial charge in [0.25, 0.3) is 0 Å². The van der Waals surface area contributed by atoms with E-state index in [-0.39, 0.29) is 0 Å². The molecular weight excluding hydrogens is 258 g/mol. The van der Waals surface area contributed by atoms with Gasteiger partial charge in [-0.2, -0.15) is 0 Å². The lowest BCUT2D eigenvalue weighted by atomic mass is 10.0. The predicted octanol–water partition coefficient (Wildman–Crippen LogP) is 3.47. The molecule has 4 heteroatoms. The quantitative estimate of drug-likeness (QED) is 0.896. The van der Waals surface area contributed by atoms with Gasteiger partial charge in [-0.25, -0.2) is 4.98 Å². The number of pyridine rings is 1. The molecule has 1 unspecified atom stereocenters. The maximum Gasteiger partial charge on any atom is 0.147 e. The van der Waals surface area contributed by atoms with Crippen LogP contribution >= 0.6 is 11.6 Å². The van der Waals surface area contributed by atoms with E-state index in [1.54, 1.807) is 0 Å². The van der Waals surface area contributed by atoms with Gasteiger partial charge < -0.3 is 10.2 Å². The summed E-state index contributed by atoms with van der Waals surface area (Å²) in [5.74, 6) is 1.60. The molecule has 1 aliphatic heterocycles. The molecule has 1 aromatic heterocycles. The first-order valence-corrected chi connectivity index (χ1v) is 7.63. The molecule has 0 amide bonds. The van der Waals surface area contributed by atoms with E-state index in [2.05, 4.69) is 36.0 Å². The van der Waals surface area contributed by atoms with E-state index in [4.69, 9.17) is 11.6 Å². The van der Waals surface area contributed by atoms with Crippen LogP contribution in [-0.4, -0.2) is 24.1 Å². The van der Waals surface area contributed by atoms with Crippen molar-refractivity contribution in [3.05, 3.63) is 22.8 Å². The summed E-state index contributed by atoms with van der Waals surface area (Å²) in [6.07, 6.45) is 4.42. The molecule has 0 spiro atoms. The normalized spacial score (nSPS) is 19.4. The van der Waals surface area contributed by atoms with Gasteiger partial charge in [0.05, 0.1) is 5.02 Å². The average molecular weight is 282 g/mol. The topological polar surface area (TPSA) is 28.2 Å². The summed E-state index contributed by atoms with van der Waals surface area (Å²) in [7, 11) is 0. The molecule has 0 aromatic carbocycles. The van der Waals surface area contributed by atoms with Crippen LogP contribution in [0, 0.1) is 5.92 Å². The number of nitrogens with zero attached hydrogens (tertiary/aromatic N) is 2. The fourth-order valence-electron chi connectivity index (χ4n) is 2.80. The van der Waals surface area contributed by atoms with Gasteiger partial charge in [-0.15, -0.1) is 0 Å². The van der Waals surface area contributed by atoms with Crippen molar-refractivity contribution < 1.29 is 0 Å². The Morgan fingerprint density at radius 3 is 2.95 bits per heavy atom. The molecule has 106 valence electrons. The Morgan fingerprint density at radius 1 is 1.53 bits per heavy atom. The Kier molecular flexibility index (Phi) is 5.06. The highest BCUT2D eigenvalue weighted by molar-refractivity contribution is 6.33. The van der Waals surface area contributed by atoms with Gasteiger partial charge in [0.15, 0.2) is 0 Å². The van der Waals surface area contributed by atoms with Gasteiger partial charge in [-0.3, -0.25) is 0 Å². The monoisotopic (exact) mass is 281 g/mol. The summed E-state index contributed by atoms with van der Waals surface area (Å²) in [5.41, 5.74) is 1.15. The molecule has 1 atom stereocenters. The van der Waals surface area contributed by atoms with Crippen molar-refractivity contribution in [2.24, 2.45) is 5.92 Å². The maximum atomic E-state index is 6.43. The Labute approximate surface area is 121 Å². The summed E-state index contributed by atoms with van der Waals surface area (Å²) in [5, 5.41) is 4.08. The molecule has 1 N–H and O–H groups in total. The molecule has 0 saturated carbocycles. The zero-order valence-electron chi connectivity index (χ0n) is 12.1. The first-order valence-electron chi connectivity index (χ1n) is 7.25. The number of aromatic nitrogens is 1. The van der Waals surface area contributed by atoms with Crippen LogP contribution in [0.15, 0.2) is 12.3 Å².